The first-order valence-electron chi connectivity index (χ1n) is 4.50. The maximum Gasteiger partial charge on any atom is 0.0650 e. The van der Waals surface area contributed by atoms with Crippen LogP contribution in [0.3, 0.4) is 0 Å². The molecule has 0 spiro atoms. The van der Waals surface area contributed by atoms with Crippen molar-refractivity contribution in [2.75, 3.05) is 0 Å². The molecule has 0 saturated heterocycles. The van der Waals surface area contributed by atoms with Crippen molar-refractivity contribution in [3.05, 3.63) is 12.7 Å². The minimum absolute atomic E-state index is 0.424. The number of rotatable bonds is 2. The second kappa shape index (κ2) is 3.40. The van der Waals surface area contributed by atoms with Crippen LogP contribution in [0.1, 0.15) is 39.0 Å². The van der Waals surface area contributed by atoms with Gasteiger partial charge in [-0.1, -0.05) is 18.9 Å². The lowest BCUT2D eigenvalue weighted by Crippen LogP contribution is -2.37. The van der Waals surface area contributed by atoms with Gasteiger partial charge in [0.25, 0.3) is 0 Å². The van der Waals surface area contributed by atoms with Crippen LogP contribution in [0.5, 0.6) is 0 Å². The molecule has 0 aromatic heterocycles. The van der Waals surface area contributed by atoms with E-state index >= 15 is 0 Å². The highest BCUT2D eigenvalue weighted by atomic mass is 16.3. The molecule has 0 bridgehead atoms. The summed E-state index contributed by atoms with van der Waals surface area (Å²) in [5.41, 5.74) is -0.424. The molecule has 11 heavy (non-hydrogen) atoms. The fourth-order valence-corrected chi connectivity index (χ4v) is 1.96. The van der Waals surface area contributed by atoms with Crippen molar-refractivity contribution in [3.8, 4) is 0 Å². The zero-order valence-corrected chi connectivity index (χ0v) is 7.34. The van der Waals surface area contributed by atoms with Crippen molar-refractivity contribution >= 4 is 0 Å². The molecular formula is C10H18O. The van der Waals surface area contributed by atoms with Crippen LogP contribution in [0.4, 0.5) is 0 Å². The van der Waals surface area contributed by atoms with Crippen LogP contribution in [-0.4, -0.2) is 10.7 Å². The minimum atomic E-state index is -0.424. The summed E-state index contributed by atoms with van der Waals surface area (Å²) in [7, 11) is 0. The molecule has 2 atom stereocenters. The molecule has 1 aliphatic rings. The number of aliphatic hydroxyl groups is 1. The largest absolute Gasteiger partial charge is 0.390 e. The first-order valence-corrected chi connectivity index (χ1v) is 4.50. The lowest BCUT2D eigenvalue weighted by Gasteiger charge is -2.36. The van der Waals surface area contributed by atoms with Gasteiger partial charge in [0.05, 0.1) is 5.60 Å². The summed E-state index contributed by atoms with van der Waals surface area (Å²) in [4.78, 5) is 0. The van der Waals surface area contributed by atoms with Crippen LogP contribution in [-0.2, 0) is 0 Å². The van der Waals surface area contributed by atoms with Gasteiger partial charge >= 0.3 is 0 Å². The Morgan fingerprint density at radius 3 is 2.91 bits per heavy atom. The van der Waals surface area contributed by atoms with E-state index in [1.807, 2.05) is 13.0 Å². The van der Waals surface area contributed by atoms with Crippen LogP contribution in [0.15, 0.2) is 12.7 Å². The van der Waals surface area contributed by atoms with E-state index in [0.29, 0.717) is 5.92 Å². The molecule has 1 aliphatic carbocycles. The van der Waals surface area contributed by atoms with E-state index in [2.05, 4.69) is 6.58 Å². The summed E-state index contributed by atoms with van der Waals surface area (Å²) in [5, 5.41) is 9.92. The Balaban J connectivity index is 2.52. The molecule has 1 N–H and O–H groups in total. The summed E-state index contributed by atoms with van der Waals surface area (Å²) in [6, 6.07) is 0. The van der Waals surface area contributed by atoms with Gasteiger partial charge in [0.15, 0.2) is 0 Å². The fraction of sp³-hybridized carbons (Fsp3) is 0.800. The van der Waals surface area contributed by atoms with E-state index < -0.39 is 5.60 Å². The second-order valence-electron chi connectivity index (χ2n) is 3.82. The van der Waals surface area contributed by atoms with E-state index in [9.17, 15) is 5.11 Å². The molecule has 1 nitrogen and oxygen atoms in total. The molecule has 0 radical (unpaired) electrons. The van der Waals surface area contributed by atoms with Crippen molar-refractivity contribution in [2.24, 2.45) is 5.92 Å². The summed E-state index contributed by atoms with van der Waals surface area (Å²) in [5.74, 6) is 0.453. The molecule has 0 heterocycles. The van der Waals surface area contributed by atoms with Crippen molar-refractivity contribution in [3.63, 3.8) is 0 Å². The predicted octanol–water partition coefficient (Wildman–Crippen LogP) is 2.50. The Labute approximate surface area is 69.1 Å². The molecule has 0 aromatic rings. The summed E-state index contributed by atoms with van der Waals surface area (Å²) in [6.45, 7) is 5.67. The van der Waals surface area contributed by atoms with E-state index in [1.165, 1.54) is 19.3 Å². The van der Waals surface area contributed by atoms with Gasteiger partial charge in [-0.2, -0.15) is 0 Å². The Kier molecular flexibility index (Phi) is 2.72. The lowest BCUT2D eigenvalue weighted by molar-refractivity contribution is -0.0303. The third kappa shape index (κ3) is 2.06. The molecule has 0 aromatic carbocycles. The average Bonchev–Trinajstić information content (AvgIpc) is 1.94. The van der Waals surface area contributed by atoms with Crippen molar-refractivity contribution in [1.29, 1.82) is 0 Å². The van der Waals surface area contributed by atoms with Gasteiger partial charge in [-0.3, -0.25) is 0 Å². The van der Waals surface area contributed by atoms with Gasteiger partial charge in [0.1, 0.15) is 0 Å². The summed E-state index contributed by atoms with van der Waals surface area (Å²) in [6.07, 6.45) is 7.47. The Hall–Kier alpha value is -0.300. The first-order chi connectivity index (χ1) is 5.17. The first kappa shape index (κ1) is 8.79. The van der Waals surface area contributed by atoms with Crippen molar-refractivity contribution in [1.82, 2.24) is 0 Å². The van der Waals surface area contributed by atoms with Crippen LogP contribution in [0.2, 0.25) is 0 Å². The molecule has 64 valence electrons. The Morgan fingerprint density at radius 1 is 1.64 bits per heavy atom. The maximum atomic E-state index is 9.92. The van der Waals surface area contributed by atoms with Crippen LogP contribution >= 0.6 is 0 Å². The molecule has 1 saturated carbocycles. The Morgan fingerprint density at radius 2 is 2.36 bits per heavy atom. The zero-order chi connectivity index (χ0) is 8.32. The Bertz CT molecular complexity index is 138. The number of hydrogen-bond donors (Lipinski definition) is 1. The predicted molar refractivity (Wildman–Crippen MR) is 47.4 cm³/mol. The van der Waals surface area contributed by atoms with Gasteiger partial charge in [-0.15, -0.1) is 6.58 Å². The zero-order valence-electron chi connectivity index (χ0n) is 7.34. The van der Waals surface area contributed by atoms with Gasteiger partial charge in [-0.25, -0.2) is 0 Å². The summed E-state index contributed by atoms with van der Waals surface area (Å²) >= 11 is 0. The summed E-state index contributed by atoms with van der Waals surface area (Å²) < 4.78 is 0. The van der Waals surface area contributed by atoms with Crippen molar-refractivity contribution < 1.29 is 5.11 Å². The molecule has 1 heteroatoms. The average molecular weight is 154 g/mol. The highest BCUT2D eigenvalue weighted by Crippen LogP contribution is 2.35. The van der Waals surface area contributed by atoms with E-state index in [1.54, 1.807) is 0 Å². The standard InChI is InChI=1S/C10H18O/c1-3-6-9-7-4-5-8-10(9,2)11/h3,9,11H,1,4-8H2,2H3. The number of hydrogen-bond acceptors (Lipinski definition) is 1. The van der Waals surface area contributed by atoms with E-state index in [4.69, 9.17) is 0 Å². The fourth-order valence-electron chi connectivity index (χ4n) is 1.96. The molecule has 0 aliphatic heterocycles. The van der Waals surface area contributed by atoms with Gasteiger partial charge in [0, 0.05) is 0 Å². The topological polar surface area (TPSA) is 20.2 Å². The van der Waals surface area contributed by atoms with Crippen LogP contribution < -0.4 is 0 Å². The van der Waals surface area contributed by atoms with Gasteiger partial charge < -0.3 is 5.11 Å². The third-order valence-electron chi connectivity index (χ3n) is 2.82. The molecule has 1 fully saturated rings. The monoisotopic (exact) mass is 154 g/mol. The number of allylic oxidation sites excluding steroid dienone is 1. The van der Waals surface area contributed by atoms with Crippen molar-refractivity contribution in [2.45, 2.75) is 44.6 Å². The SMILES string of the molecule is C=CCC1CCCCC1(C)O. The molecule has 1 rings (SSSR count). The maximum absolute atomic E-state index is 9.92. The minimum Gasteiger partial charge on any atom is -0.390 e. The van der Waals surface area contributed by atoms with E-state index in [-0.39, 0.29) is 0 Å². The normalized spacial score (nSPS) is 38.5. The molecule has 2 unspecified atom stereocenters. The lowest BCUT2D eigenvalue weighted by atomic mass is 9.75. The molecular weight excluding hydrogens is 136 g/mol. The quantitative estimate of drug-likeness (QED) is 0.606. The van der Waals surface area contributed by atoms with Crippen LogP contribution in [0, 0.1) is 5.92 Å². The highest BCUT2D eigenvalue weighted by molar-refractivity contribution is 4.89. The smallest absolute Gasteiger partial charge is 0.0650 e. The van der Waals surface area contributed by atoms with Crippen LogP contribution in [0.25, 0.3) is 0 Å². The van der Waals surface area contributed by atoms with E-state index in [0.717, 1.165) is 12.8 Å². The van der Waals surface area contributed by atoms with Gasteiger partial charge in [0.2, 0.25) is 0 Å². The van der Waals surface area contributed by atoms with Gasteiger partial charge in [-0.05, 0) is 32.1 Å². The molecule has 0 amide bonds. The highest BCUT2D eigenvalue weighted by Gasteiger charge is 2.32. The third-order valence-corrected chi connectivity index (χ3v) is 2.82. The second-order valence-corrected chi connectivity index (χ2v) is 3.82.